The van der Waals surface area contributed by atoms with E-state index in [1.165, 1.54) is 12.1 Å². The van der Waals surface area contributed by atoms with Gasteiger partial charge in [0.15, 0.2) is 0 Å². The van der Waals surface area contributed by atoms with Gasteiger partial charge < -0.3 is 0 Å². The third-order valence-corrected chi connectivity index (χ3v) is 4.17. The lowest BCUT2D eigenvalue weighted by molar-refractivity contribution is 0.505. The number of nitrogens with two attached hydrogens (primary N) is 1. The minimum atomic E-state index is -0.747. The van der Waals surface area contributed by atoms with E-state index < -0.39 is 17.7 Å². The molecule has 2 aromatic rings. The van der Waals surface area contributed by atoms with Crippen molar-refractivity contribution in [1.29, 1.82) is 0 Å². The molecule has 0 radical (unpaired) electrons. The maximum absolute atomic E-state index is 14.3. The Morgan fingerprint density at radius 3 is 2.14 bits per heavy atom. The van der Waals surface area contributed by atoms with Gasteiger partial charge in [-0.05, 0) is 65.5 Å². The number of benzene rings is 2. The van der Waals surface area contributed by atoms with E-state index >= 15 is 0 Å². The third-order valence-electron chi connectivity index (χ3n) is 3.56. The number of aryl methyl sites for hydroxylation is 3. The molecule has 112 valence electrons. The second-order valence-electron chi connectivity index (χ2n) is 5.17. The molecule has 0 saturated carbocycles. The van der Waals surface area contributed by atoms with Crippen LogP contribution in [0.5, 0.6) is 0 Å². The lowest BCUT2D eigenvalue weighted by Crippen LogP contribution is -2.31. The molecule has 0 bridgehead atoms. The van der Waals surface area contributed by atoms with Crippen LogP contribution in [0.25, 0.3) is 0 Å². The molecule has 1 atom stereocenters. The van der Waals surface area contributed by atoms with Gasteiger partial charge in [-0.15, -0.1) is 0 Å². The van der Waals surface area contributed by atoms with Gasteiger partial charge in [0.2, 0.25) is 0 Å². The van der Waals surface area contributed by atoms with Gasteiger partial charge in [0.25, 0.3) is 0 Å². The van der Waals surface area contributed by atoms with Crippen LogP contribution in [0.15, 0.2) is 28.7 Å². The highest BCUT2D eigenvalue weighted by Crippen LogP contribution is 2.33. The van der Waals surface area contributed by atoms with Crippen LogP contribution in [0.2, 0.25) is 0 Å². The summed E-state index contributed by atoms with van der Waals surface area (Å²) in [5, 5.41) is 0. The number of rotatable bonds is 3. The fourth-order valence-electron chi connectivity index (χ4n) is 2.76. The molecule has 0 aliphatic carbocycles. The first-order valence-corrected chi connectivity index (χ1v) is 7.33. The van der Waals surface area contributed by atoms with Gasteiger partial charge in [0, 0.05) is 5.56 Å². The van der Waals surface area contributed by atoms with Crippen molar-refractivity contribution in [2.75, 3.05) is 0 Å². The summed E-state index contributed by atoms with van der Waals surface area (Å²) < 4.78 is 28.7. The van der Waals surface area contributed by atoms with Crippen LogP contribution >= 0.6 is 15.9 Å². The molecular weight excluding hydrogens is 338 g/mol. The van der Waals surface area contributed by atoms with Crippen LogP contribution in [-0.4, -0.2) is 0 Å². The van der Waals surface area contributed by atoms with Gasteiger partial charge >= 0.3 is 0 Å². The summed E-state index contributed by atoms with van der Waals surface area (Å²) in [5.74, 6) is 4.33. The van der Waals surface area contributed by atoms with Gasteiger partial charge in [-0.2, -0.15) is 0 Å². The Kier molecular flexibility index (Phi) is 4.76. The molecule has 0 fully saturated rings. The molecule has 3 N–H and O–H groups in total. The average Bonchev–Trinajstić information content (AvgIpc) is 2.40. The standard InChI is InChI=1S/C16H17BrF2N2/c1-8-6-9(2)13(10(3)7-8)16(21-20)14-12(18)5-4-11(17)15(14)19/h4-7,16,21H,20H2,1-3H3. The van der Waals surface area contributed by atoms with Crippen molar-refractivity contribution < 1.29 is 8.78 Å². The van der Waals surface area contributed by atoms with Crippen LogP contribution in [0.3, 0.4) is 0 Å². The predicted octanol–water partition coefficient (Wildman–Crippen LogP) is 4.21. The monoisotopic (exact) mass is 354 g/mol. The zero-order chi connectivity index (χ0) is 15.7. The number of hydrogen-bond acceptors (Lipinski definition) is 2. The summed E-state index contributed by atoms with van der Waals surface area (Å²) in [6, 6.07) is 5.77. The molecule has 0 spiro atoms. The molecule has 0 aliphatic heterocycles. The summed E-state index contributed by atoms with van der Waals surface area (Å²) in [6.45, 7) is 5.80. The van der Waals surface area contributed by atoms with Crippen LogP contribution in [0.1, 0.15) is 33.9 Å². The normalized spacial score (nSPS) is 12.5. The molecule has 0 aromatic heterocycles. The number of hydrazine groups is 1. The maximum Gasteiger partial charge on any atom is 0.145 e. The summed E-state index contributed by atoms with van der Waals surface area (Å²) in [5.41, 5.74) is 6.23. The van der Waals surface area contributed by atoms with E-state index in [1.54, 1.807) is 0 Å². The smallest absolute Gasteiger partial charge is 0.145 e. The molecule has 0 heterocycles. The first-order valence-electron chi connectivity index (χ1n) is 6.54. The Bertz CT molecular complexity index is 663. The predicted molar refractivity (Wildman–Crippen MR) is 83.9 cm³/mol. The van der Waals surface area contributed by atoms with Gasteiger partial charge in [0.1, 0.15) is 11.6 Å². The highest BCUT2D eigenvalue weighted by atomic mass is 79.9. The van der Waals surface area contributed by atoms with Crippen molar-refractivity contribution in [2.24, 2.45) is 5.84 Å². The van der Waals surface area contributed by atoms with Crippen LogP contribution in [-0.2, 0) is 0 Å². The van der Waals surface area contributed by atoms with Crippen molar-refractivity contribution >= 4 is 15.9 Å². The van der Waals surface area contributed by atoms with Crippen molar-refractivity contribution in [2.45, 2.75) is 26.8 Å². The number of hydrogen-bond donors (Lipinski definition) is 2. The molecule has 2 aromatic carbocycles. The number of halogens is 3. The van der Waals surface area contributed by atoms with E-state index in [0.717, 1.165) is 22.3 Å². The molecule has 0 amide bonds. The fraction of sp³-hybridized carbons (Fsp3) is 0.250. The van der Waals surface area contributed by atoms with E-state index in [1.807, 2.05) is 32.9 Å². The molecule has 21 heavy (non-hydrogen) atoms. The van der Waals surface area contributed by atoms with Gasteiger partial charge in [0.05, 0.1) is 10.5 Å². The Labute approximate surface area is 131 Å². The molecule has 2 nitrogen and oxygen atoms in total. The van der Waals surface area contributed by atoms with Crippen LogP contribution < -0.4 is 11.3 Å². The first kappa shape index (κ1) is 16.1. The van der Waals surface area contributed by atoms with Crippen LogP contribution in [0.4, 0.5) is 8.78 Å². The topological polar surface area (TPSA) is 38.0 Å². The fourth-order valence-corrected chi connectivity index (χ4v) is 3.11. The summed E-state index contributed by atoms with van der Waals surface area (Å²) in [6.07, 6.45) is 0. The average molecular weight is 355 g/mol. The second kappa shape index (κ2) is 6.22. The molecule has 0 saturated heterocycles. The minimum Gasteiger partial charge on any atom is -0.271 e. The quantitative estimate of drug-likeness (QED) is 0.492. The zero-order valence-electron chi connectivity index (χ0n) is 12.1. The molecule has 5 heteroatoms. The van der Waals surface area contributed by atoms with Crippen molar-refractivity contribution in [3.8, 4) is 0 Å². The highest BCUT2D eigenvalue weighted by molar-refractivity contribution is 9.10. The molecule has 0 aliphatic rings. The zero-order valence-corrected chi connectivity index (χ0v) is 13.7. The van der Waals surface area contributed by atoms with Crippen LogP contribution in [0, 0.1) is 32.4 Å². The van der Waals surface area contributed by atoms with E-state index in [4.69, 9.17) is 5.84 Å². The third kappa shape index (κ3) is 3.00. The van der Waals surface area contributed by atoms with E-state index in [-0.39, 0.29) is 10.0 Å². The van der Waals surface area contributed by atoms with E-state index in [0.29, 0.717) is 0 Å². The Hall–Kier alpha value is -1.30. The lowest BCUT2D eigenvalue weighted by Gasteiger charge is -2.23. The van der Waals surface area contributed by atoms with Gasteiger partial charge in [-0.3, -0.25) is 5.84 Å². The Morgan fingerprint density at radius 1 is 1.05 bits per heavy atom. The highest BCUT2D eigenvalue weighted by Gasteiger charge is 2.25. The number of nitrogens with one attached hydrogen (secondary N) is 1. The lowest BCUT2D eigenvalue weighted by atomic mass is 9.90. The SMILES string of the molecule is Cc1cc(C)c(C(NN)c2c(F)ccc(Br)c2F)c(C)c1. The summed E-state index contributed by atoms with van der Waals surface area (Å²) >= 11 is 3.09. The second-order valence-corrected chi connectivity index (χ2v) is 6.02. The van der Waals surface area contributed by atoms with Crippen molar-refractivity contribution in [3.05, 3.63) is 68.2 Å². The first-order chi connectivity index (χ1) is 9.86. The van der Waals surface area contributed by atoms with Gasteiger partial charge in [-0.1, -0.05) is 17.7 Å². The summed E-state index contributed by atoms with van der Waals surface area (Å²) in [4.78, 5) is 0. The summed E-state index contributed by atoms with van der Waals surface area (Å²) in [7, 11) is 0. The van der Waals surface area contributed by atoms with E-state index in [9.17, 15) is 8.78 Å². The molecular formula is C16H17BrF2N2. The Morgan fingerprint density at radius 2 is 1.62 bits per heavy atom. The Balaban J connectivity index is 2.69. The maximum atomic E-state index is 14.3. The van der Waals surface area contributed by atoms with Crippen molar-refractivity contribution in [1.82, 2.24) is 5.43 Å². The van der Waals surface area contributed by atoms with Crippen molar-refractivity contribution in [3.63, 3.8) is 0 Å². The van der Waals surface area contributed by atoms with E-state index in [2.05, 4.69) is 21.4 Å². The largest absolute Gasteiger partial charge is 0.271 e. The van der Waals surface area contributed by atoms with Gasteiger partial charge in [-0.25, -0.2) is 14.2 Å². The molecule has 2 rings (SSSR count). The molecule has 1 unspecified atom stereocenters. The minimum absolute atomic E-state index is 0.0815.